The summed E-state index contributed by atoms with van der Waals surface area (Å²) >= 11 is 15.5. The number of benzene rings is 2. The van der Waals surface area contributed by atoms with Crippen molar-refractivity contribution in [3.63, 3.8) is 0 Å². The normalized spacial score (nSPS) is 10.7. The molecule has 0 fully saturated rings. The minimum absolute atomic E-state index is 0.0958. The summed E-state index contributed by atoms with van der Waals surface area (Å²) in [5, 5.41) is 7.68. The van der Waals surface area contributed by atoms with Crippen molar-refractivity contribution in [3.05, 3.63) is 56.4 Å². The summed E-state index contributed by atoms with van der Waals surface area (Å²) in [6, 6.07) is 12.9. The summed E-state index contributed by atoms with van der Waals surface area (Å²) in [7, 11) is 0. The van der Waals surface area contributed by atoms with Gasteiger partial charge in [-0.15, -0.1) is 16.9 Å². The van der Waals surface area contributed by atoms with Gasteiger partial charge in [0.25, 0.3) is 0 Å². The van der Waals surface area contributed by atoms with E-state index in [1.807, 2.05) is 18.2 Å². The Balaban J connectivity index is 1.67. The van der Waals surface area contributed by atoms with Gasteiger partial charge in [-0.2, -0.15) is 0 Å². The number of hydrogen-bond acceptors (Lipinski definition) is 5. The molecule has 0 saturated heterocycles. The van der Waals surface area contributed by atoms with Crippen molar-refractivity contribution in [2.75, 3.05) is 11.1 Å². The van der Waals surface area contributed by atoms with Crippen LogP contribution in [0.4, 0.5) is 5.69 Å². The summed E-state index contributed by atoms with van der Waals surface area (Å²) in [5.74, 6) is 0.176. The van der Waals surface area contributed by atoms with E-state index in [0.717, 1.165) is 24.4 Å². The third kappa shape index (κ3) is 5.04. The molecule has 0 bridgehead atoms. The first-order valence-electron chi connectivity index (χ1n) is 6.99. The van der Waals surface area contributed by atoms with Crippen LogP contribution in [0.3, 0.4) is 0 Å². The number of aromatic nitrogens is 2. The number of hydrogen-bond donors (Lipinski definition) is 1. The van der Waals surface area contributed by atoms with E-state index in [1.54, 1.807) is 24.3 Å². The molecule has 4 nitrogen and oxygen atoms in total. The Morgan fingerprint density at radius 2 is 1.96 bits per heavy atom. The van der Waals surface area contributed by atoms with Gasteiger partial charge >= 0.3 is 0 Å². The topological polar surface area (TPSA) is 54.9 Å². The van der Waals surface area contributed by atoms with Gasteiger partial charge in [0.05, 0.1) is 5.75 Å². The lowest BCUT2D eigenvalue weighted by atomic mass is 10.2. The van der Waals surface area contributed by atoms with Crippen LogP contribution in [0.2, 0.25) is 5.02 Å². The summed E-state index contributed by atoms with van der Waals surface area (Å²) in [6.45, 7) is 0. The van der Waals surface area contributed by atoms with Crippen molar-refractivity contribution in [1.29, 1.82) is 0 Å². The zero-order valence-corrected chi connectivity index (χ0v) is 18.1. The molecule has 0 unspecified atom stereocenters. The number of amides is 1. The van der Waals surface area contributed by atoms with Crippen LogP contribution in [0.25, 0.3) is 11.3 Å². The summed E-state index contributed by atoms with van der Waals surface area (Å²) in [4.78, 5) is 12.1. The lowest BCUT2D eigenvalue weighted by Crippen LogP contribution is -2.13. The number of nitrogens with one attached hydrogen (secondary N) is 1. The second-order valence-electron chi connectivity index (χ2n) is 4.88. The highest BCUT2D eigenvalue weighted by molar-refractivity contribution is 9.11. The molecule has 0 radical (unpaired) electrons. The maximum absolute atomic E-state index is 12.1. The summed E-state index contributed by atoms with van der Waals surface area (Å²) in [6.07, 6.45) is 0. The highest BCUT2D eigenvalue weighted by Crippen LogP contribution is 2.37. The second kappa shape index (κ2) is 8.64. The largest absolute Gasteiger partial charge is 0.325 e. The standard InChI is InChI=1S/C16H10Br2ClN3OS2/c17-9-1-6-12(13(18)7-9)15-16(25-22-21-15)24-8-14(23)20-11-4-2-10(19)3-5-11/h1-7H,8H2,(H,20,23). The first-order valence-corrected chi connectivity index (χ1v) is 10.7. The zero-order chi connectivity index (χ0) is 17.8. The fraction of sp³-hybridized carbons (Fsp3) is 0.0625. The van der Waals surface area contributed by atoms with Crippen molar-refractivity contribution in [1.82, 2.24) is 9.59 Å². The van der Waals surface area contributed by atoms with Crippen LogP contribution in [-0.2, 0) is 4.79 Å². The van der Waals surface area contributed by atoms with Crippen LogP contribution < -0.4 is 5.32 Å². The monoisotopic (exact) mass is 517 g/mol. The van der Waals surface area contributed by atoms with Crippen LogP contribution in [0.15, 0.2) is 55.6 Å². The fourth-order valence-corrected chi connectivity index (χ4v) is 4.89. The Labute approximate surface area is 174 Å². The van der Waals surface area contributed by atoms with Gasteiger partial charge in [0.15, 0.2) is 0 Å². The molecule has 3 rings (SSSR count). The molecule has 25 heavy (non-hydrogen) atoms. The maximum atomic E-state index is 12.1. The first-order chi connectivity index (χ1) is 12.0. The molecule has 0 atom stereocenters. The molecule has 3 aromatic rings. The molecule has 1 heterocycles. The van der Waals surface area contributed by atoms with Gasteiger partial charge in [-0.1, -0.05) is 54.0 Å². The SMILES string of the molecule is O=C(CSc1snnc1-c1ccc(Br)cc1Br)Nc1ccc(Cl)cc1. The lowest BCUT2D eigenvalue weighted by Gasteiger charge is -2.06. The van der Waals surface area contributed by atoms with E-state index in [4.69, 9.17) is 11.6 Å². The fourth-order valence-electron chi connectivity index (χ4n) is 1.98. The van der Waals surface area contributed by atoms with Gasteiger partial charge in [0, 0.05) is 25.2 Å². The highest BCUT2D eigenvalue weighted by Gasteiger charge is 2.15. The number of anilines is 1. The summed E-state index contributed by atoms with van der Waals surface area (Å²) < 4.78 is 6.82. The number of rotatable bonds is 5. The predicted octanol–water partition coefficient (Wildman–Crippen LogP) is 6.11. The molecule has 0 aliphatic heterocycles. The van der Waals surface area contributed by atoms with Gasteiger partial charge in [0.2, 0.25) is 5.91 Å². The quantitative estimate of drug-likeness (QED) is 0.413. The maximum Gasteiger partial charge on any atom is 0.234 e. The highest BCUT2D eigenvalue weighted by atomic mass is 79.9. The van der Waals surface area contributed by atoms with E-state index in [0.29, 0.717) is 10.7 Å². The number of carbonyl (C=O) groups is 1. The minimum Gasteiger partial charge on any atom is -0.325 e. The van der Waals surface area contributed by atoms with Gasteiger partial charge < -0.3 is 5.32 Å². The minimum atomic E-state index is -0.0958. The average molecular weight is 520 g/mol. The molecule has 128 valence electrons. The van der Waals surface area contributed by atoms with Crippen LogP contribution in [0, 0.1) is 0 Å². The first kappa shape index (κ1) is 18.8. The van der Waals surface area contributed by atoms with Crippen molar-refractivity contribution in [2.24, 2.45) is 0 Å². The molecule has 1 aromatic heterocycles. The van der Waals surface area contributed by atoms with Crippen molar-refractivity contribution in [2.45, 2.75) is 4.21 Å². The predicted molar refractivity (Wildman–Crippen MR) is 112 cm³/mol. The average Bonchev–Trinajstić information content (AvgIpc) is 3.03. The molecule has 1 N–H and O–H groups in total. The summed E-state index contributed by atoms with van der Waals surface area (Å²) in [5.41, 5.74) is 2.43. The lowest BCUT2D eigenvalue weighted by molar-refractivity contribution is -0.113. The van der Waals surface area contributed by atoms with Crippen molar-refractivity contribution < 1.29 is 4.79 Å². The van der Waals surface area contributed by atoms with Gasteiger partial charge in [-0.05, 0) is 47.9 Å². The van der Waals surface area contributed by atoms with E-state index in [-0.39, 0.29) is 11.7 Å². The molecule has 0 aliphatic rings. The Morgan fingerprint density at radius 3 is 2.68 bits per heavy atom. The third-order valence-corrected chi connectivity index (χ3v) is 6.47. The Bertz CT molecular complexity index is 903. The number of thioether (sulfide) groups is 1. The van der Waals surface area contributed by atoms with Crippen LogP contribution in [0.5, 0.6) is 0 Å². The molecular weight excluding hydrogens is 510 g/mol. The molecule has 0 spiro atoms. The Hall–Kier alpha value is -0.930. The molecule has 0 saturated carbocycles. The smallest absolute Gasteiger partial charge is 0.234 e. The van der Waals surface area contributed by atoms with Crippen molar-refractivity contribution >= 4 is 78.3 Å². The number of halogens is 3. The van der Waals surface area contributed by atoms with Crippen LogP contribution >= 0.6 is 66.8 Å². The molecule has 2 aromatic carbocycles. The van der Waals surface area contributed by atoms with Gasteiger partial charge in [-0.3, -0.25) is 4.79 Å². The second-order valence-corrected chi connectivity index (χ2v) is 9.08. The third-order valence-electron chi connectivity index (χ3n) is 3.11. The van der Waals surface area contributed by atoms with Crippen LogP contribution in [0.1, 0.15) is 0 Å². The van der Waals surface area contributed by atoms with E-state index in [1.165, 1.54) is 23.3 Å². The van der Waals surface area contributed by atoms with E-state index in [9.17, 15) is 4.79 Å². The number of nitrogens with zero attached hydrogens (tertiary/aromatic N) is 2. The van der Waals surface area contributed by atoms with Crippen molar-refractivity contribution in [3.8, 4) is 11.3 Å². The Morgan fingerprint density at radius 1 is 1.20 bits per heavy atom. The van der Waals surface area contributed by atoms with E-state index in [2.05, 4.69) is 46.8 Å². The van der Waals surface area contributed by atoms with E-state index < -0.39 is 0 Å². The molecular formula is C16H10Br2ClN3OS2. The molecule has 0 aliphatic carbocycles. The zero-order valence-electron chi connectivity index (χ0n) is 12.5. The Kier molecular flexibility index (Phi) is 6.51. The van der Waals surface area contributed by atoms with Gasteiger partial charge in [-0.25, -0.2) is 0 Å². The van der Waals surface area contributed by atoms with Crippen LogP contribution in [-0.4, -0.2) is 21.2 Å². The van der Waals surface area contributed by atoms with Gasteiger partial charge in [0.1, 0.15) is 9.90 Å². The molecule has 1 amide bonds. The van der Waals surface area contributed by atoms with E-state index >= 15 is 0 Å². The number of carbonyl (C=O) groups excluding carboxylic acids is 1. The molecule has 9 heteroatoms.